The summed E-state index contributed by atoms with van der Waals surface area (Å²) in [7, 11) is 3.01. The van der Waals surface area contributed by atoms with E-state index in [0.29, 0.717) is 34.6 Å². The first kappa shape index (κ1) is 16.8. The zero-order valence-electron chi connectivity index (χ0n) is 14.3. The minimum atomic E-state index is -0.803. The molecular formula is C19H19NO5. The first-order chi connectivity index (χ1) is 12.1. The van der Waals surface area contributed by atoms with Gasteiger partial charge in [0.2, 0.25) is 0 Å². The summed E-state index contributed by atoms with van der Waals surface area (Å²) >= 11 is 0. The number of hydrogen-bond donors (Lipinski definition) is 1. The second-order valence-electron chi connectivity index (χ2n) is 5.63. The van der Waals surface area contributed by atoms with E-state index < -0.39 is 12.1 Å². The van der Waals surface area contributed by atoms with Crippen LogP contribution in [0, 0.1) is 0 Å². The molecule has 1 aromatic carbocycles. The van der Waals surface area contributed by atoms with Crippen molar-refractivity contribution in [2.75, 3.05) is 14.2 Å². The van der Waals surface area contributed by atoms with Gasteiger partial charge in [0, 0.05) is 30.4 Å². The molecule has 1 aromatic heterocycles. The van der Waals surface area contributed by atoms with Crippen molar-refractivity contribution in [3.05, 3.63) is 69.2 Å². The molecule has 6 heteroatoms. The average Bonchev–Trinajstić information content (AvgIpc) is 2.95. The number of rotatable bonds is 5. The van der Waals surface area contributed by atoms with Crippen molar-refractivity contribution in [1.29, 1.82) is 0 Å². The lowest BCUT2D eigenvalue weighted by atomic mass is 9.98. The van der Waals surface area contributed by atoms with Crippen molar-refractivity contribution < 1.29 is 19.0 Å². The van der Waals surface area contributed by atoms with Gasteiger partial charge in [0.15, 0.2) is 11.5 Å². The predicted molar refractivity (Wildman–Crippen MR) is 92.4 cm³/mol. The average molecular weight is 341 g/mol. The summed E-state index contributed by atoms with van der Waals surface area (Å²) in [5.41, 5.74) is 1.85. The van der Waals surface area contributed by atoms with Crippen LogP contribution in [0.25, 0.3) is 0 Å². The van der Waals surface area contributed by atoms with Gasteiger partial charge < -0.3 is 19.2 Å². The van der Waals surface area contributed by atoms with Gasteiger partial charge in [0.25, 0.3) is 0 Å². The first-order valence-corrected chi connectivity index (χ1v) is 7.88. The van der Waals surface area contributed by atoms with Gasteiger partial charge in [-0.25, -0.2) is 4.79 Å². The summed E-state index contributed by atoms with van der Waals surface area (Å²) in [6.45, 7) is 1.92. The Hall–Kier alpha value is -3.02. The molecule has 1 atom stereocenters. The number of aromatic nitrogens is 1. The number of H-pyrrole nitrogens is 1. The minimum Gasteiger partial charge on any atom is -0.497 e. The standard InChI is InChI=1S/C19H19NO5/c1-4-5-6-11-7-15(21)14(10-20-11)18-17-13(19(22)25-18)8-12(23-2)9-16(17)24-3/h4-5,7-10,18H,6H2,1-3H3,(H,20,21)/b5-4+. The third kappa shape index (κ3) is 3.03. The summed E-state index contributed by atoms with van der Waals surface area (Å²) in [6.07, 6.45) is 5.29. The molecule has 0 saturated carbocycles. The van der Waals surface area contributed by atoms with E-state index in [0.717, 1.165) is 5.69 Å². The Balaban J connectivity index is 2.07. The van der Waals surface area contributed by atoms with Crippen molar-refractivity contribution in [3.8, 4) is 11.5 Å². The molecule has 0 saturated heterocycles. The Bertz CT molecular complexity index is 897. The number of cyclic esters (lactones) is 1. The largest absolute Gasteiger partial charge is 0.497 e. The predicted octanol–water partition coefficient (Wildman–Crippen LogP) is 2.77. The number of aromatic amines is 1. The smallest absolute Gasteiger partial charge is 0.339 e. The van der Waals surface area contributed by atoms with Gasteiger partial charge in [-0.2, -0.15) is 0 Å². The van der Waals surface area contributed by atoms with E-state index >= 15 is 0 Å². The number of hydrogen-bond acceptors (Lipinski definition) is 5. The molecule has 25 heavy (non-hydrogen) atoms. The van der Waals surface area contributed by atoms with Gasteiger partial charge in [0.05, 0.1) is 30.9 Å². The van der Waals surface area contributed by atoms with Gasteiger partial charge in [-0.05, 0) is 13.0 Å². The van der Waals surface area contributed by atoms with Crippen LogP contribution in [0.5, 0.6) is 11.5 Å². The molecule has 2 aromatic rings. The Morgan fingerprint density at radius 2 is 2.00 bits per heavy atom. The number of carbonyl (C=O) groups is 1. The highest BCUT2D eigenvalue weighted by Gasteiger charge is 2.37. The van der Waals surface area contributed by atoms with Crippen LogP contribution >= 0.6 is 0 Å². The van der Waals surface area contributed by atoms with Crippen LogP contribution in [-0.2, 0) is 11.2 Å². The van der Waals surface area contributed by atoms with Crippen LogP contribution < -0.4 is 14.9 Å². The van der Waals surface area contributed by atoms with E-state index in [1.807, 2.05) is 19.1 Å². The highest BCUT2D eigenvalue weighted by atomic mass is 16.6. The quantitative estimate of drug-likeness (QED) is 0.668. The van der Waals surface area contributed by atoms with Gasteiger partial charge >= 0.3 is 5.97 Å². The van der Waals surface area contributed by atoms with Crippen molar-refractivity contribution in [2.24, 2.45) is 0 Å². The molecule has 0 bridgehead atoms. The fraction of sp³-hybridized carbons (Fsp3) is 0.263. The number of allylic oxidation sites excluding steroid dienone is 2. The maximum Gasteiger partial charge on any atom is 0.339 e. The second kappa shape index (κ2) is 6.84. The van der Waals surface area contributed by atoms with E-state index in [1.165, 1.54) is 20.3 Å². The van der Waals surface area contributed by atoms with Crippen LogP contribution in [-0.4, -0.2) is 25.2 Å². The SMILES string of the molecule is C/C=C/Cc1cc(=O)c(C2OC(=O)c3cc(OC)cc(OC)c32)c[nH]1. The Morgan fingerprint density at radius 1 is 1.20 bits per heavy atom. The lowest BCUT2D eigenvalue weighted by Gasteiger charge is -2.14. The summed E-state index contributed by atoms with van der Waals surface area (Å²) < 4.78 is 16.0. The molecule has 0 amide bonds. The molecule has 130 valence electrons. The molecule has 3 rings (SSSR count). The number of nitrogens with one attached hydrogen (secondary N) is 1. The van der Waals surface area contributed by atoms with Crippen molar-refractivity contribution in [3.63, 3.8) is 0 Å². The molecule has 1 N–H and O–H groups in total. The number of benzene rings is 1. The Labute approximate surface area is 145 Å². The maximum atomic E-state index is 12.5. The molecule has 0 aliphatic carbocycles. The third-order valence-corrected chi connectivity index (χ3v) is 4.14. The number of pyridine rings is 1. The molecule has 1 aliphatic rings. The van der Waals surface area contributed by atoms with E-state index in [9.17, 15) is 9.59 Å². The highest BCUT2D eigenvalue weighted by molar-refractivity contribution is 5.96. The van der Waals surface area contributed by atoms with E-state index in [2.05, 4.69) is 4.98 Å². The monoisotopic (exact) mass is 341 g/mol. The van der Waals surface area contributed by atoms with Gasteiger partial charge in [-0.1, -0.05) is 12.2 Å². The number of ether oxygens (including phenoxy) is 3. The summed E-state index contributed by atoms with van der Waals surface area (Å²) in [4.78, 5) is 27.9. The molecule has 1 aliphatic heterocycles. The van der Waals surface area contributed by atoms with Crippen LogP contribution in [0.15, 0.2) is 41.3 Å². The lowest BCUT2D eigenvalue weighted by molar-refractivity contribution is 0.0452. The van der Waals surface area contributed by atoms with E-state index in [4.69, 9.17) is 14.2 Å². The fourth-order valence-corrected chi connectivity index (χ4v) is 2.87. The van der Waals surface area contributed by atoms with Crippen molar-refractivity contribution >= 4 is 5.97 Å². The Kier molecular flexibility index (Phi) is 4.61. The van der Waals surface area contributed by atoms with Gasteiger partial charge in [0.1, 0.15) is 11.5 Å². The van der Waals surface area contributed by atoms with E-state index in [-0.39, 0.29) is 5.43 Å². The molecule has 0 spiro atoms. The van der Waals surface area contributed by atoms with Crippen LogP contribution in [0.3, 0.4) is 0 Å². The Morgan fingerprint density at radius 3 is 2.64 bits per heavy atom. The number of fused-ring (bicyclic) bond motifs is 1. The number of carbonyl (C=O) groups excluding carboxylic acids is 1. The number of esters is 1. The first-order valence-electron chi connectivity index (χ1n) is 7.88. The summed E-state index contributed by atoms with van der Waals surface area (Å²) in [5, 5.41) is 0. The number of methoxy groups -OCH3 is 2. The van der Waals surface area contributed by atoms with Gasteiger partial charge in [-0.15, -0.1) is 0 Å². The second-order valence-corrected chi connectivity index (χ2v) is 5.63. The third-order valence-electron chi connectivity index (χ3n) is 4.14. The lowest BCUT2D eigenvalue weighted by Crippen LogP contribution is -2.16. The van der Waals surface area contributed by atoms with Gasteiger partial charge in [-0.3, -0.25) is 4.79 Å². The summed E-state index contributed by atoms with van der Waals surface area (Å²) in [5.74, 6) is 0.431. The minimum absolute atomic E-state index is 0.193. The maximum absolute atomic E-state index is 12.5. The molecule has 6 nitrogen and oxygen atoms in total. The van der Waals surface area contributed by atoms with Crippen LogP contribution in [0.1, 0.15) is 40.2 Å². The van der Waals surface area contributed by atoms with E-state index in [1.54, 1.807) is 18.3 Å². The van der Waals surface area contributed by atoms with Crippen molar-refractivity contribution in [2.45, 2.75) is 19.4 Å². The zero-order chi connectivity index (χ0) is 18.0. The molecule has 0 fully saturated rings. The summed E-state index contributed by atoms with van der Waals surface area (Å²) in [6, 6.07) is 4.79. The molecule has 1 unspecified atom stereocenters. The molecule has 0 radical (unpaired) electrons. The normalized spacial score (nSPS) is 16.0. The fourth-order valence-electron chi connectivity index (χ4n) is 2.87. The van der Waals surface area contributed by atoms with Crippen LogP contribution in [0.4, 0.5) is 0 Å². The molecule has 2 heterocycles. The topological polar surface area (TPSA) is 77.6 Å². The van der Waals surface area contributed by atoms with Crippen LogP contribution in [0.2, 0.25) is 0 Å². The molecular weight excluding hydrogens is 322 g/mol. The van der Waals surface area contributed by atoms with Crippen molar-refractivity contribution in [1.82, 2.24) is 4.98 Å². The zero-order valence-corrected chi connectivity index (χ0v) is 14.3. The highest BCUT2D eigenvalue weighted by Crippen LogP contribution is 2.42.